The van der Waals surface area contributed by atoms with Gasteiger partial charge in [0.25, 0.3) is 0 Å². The van der Waals surface area contributed by atoms with Crippen LogP contribution in [0.2, 0.25) is 0 Å². The number of benzene rings is 1. The zero-order chi connectivity index (χ0) is 20.5. The van der Waals surface area contributed by atoms with Crippen LogP contribution in [0, 0.1) is 17.0 Å². The molecule has 8 heteroatoms. The summed E-state index contributed by atoms with van der Waals surface area (Å²) in [5.41, 5.74) is 0.934. The third kappa shape index (κ3) is 4.99. The Hall–Kier alpha value is -2.19. The van der Waals surface area contributed by atoms with Crippen molar-refractivity contribution in [3.63, 3.8) is 0 Å². The quantitative estimate of drug-likeness (QED) is 0.431. The van der Waals surface area contributed by atoms with Crippen molar-refractivity contribution >= 4 is 23.3 Å². The van der Waals surface area contributed by atoms with Crippen LogP contribution in [-0.4, -0.2) is 32.0 Å². The molecule has 1 aromatic carbocycles. The van der Waals surface area contributed by atoms with Crippen LogP contribution in [0.25, 0.3) is 0 Å². The monoisotopic (exact) mass is 401 g/mol. The Bertz CT molecular complexity index is 851. The molecule has 1 aliphatic rings. The predicted octanol–water partition coefficient (Wildman–Crippen LogP) is 4.57. The molecule has 28 heavy (non-hydrogen) atoms. The highest BCUT2D eigenvalue weighted by Crippen LogP contribution is 2.38. The van der Waals surface area contributed by atoms with Gasteiger partial charge in [-0.3, -0.25) is 10.1 Å². The highest BCUT2D eigenvalue weighted by Gasteiger charge is 2.38. The molecule has 1 fully saturated rings. The van der Waals surface area contributed by atoms with E-state index in [9.17, 15) is 10.1 Å². The smallest absolute Gasteiger partial charge is 0.343 e. The Balaban J connectivity index is 1.89. The molecule has 1 aliphatic heterocycles. The first-order chi connectivity index (χ1) is 13.0. The van der Waals surface area contributed by atoms with Crippen molar-refractivity contribution in [1.82, 2.24) is 15.3 Å². The average molecular weight is 402 g/mol. The molecule has 2 aromatic rings. The van der Waals surface area contributed by atoms with Gasteiger partial charge < -0.3 is 10.6 Å². The Kier molecular flexibility index (Phi) is 5.63. The van der Waals surface area contributed by atoms with Crippen molar-refractivity contribution in [2.45, 2.75) is 74.5 Å². The van der Waals surface area contributed by atoms with Crippen molar-refractivity contribution in [2.24, 2.45) is 0 Å². The van der Waals surface area contributed by atoms with Crippen LogP contribution in [0.3, 0.4) is 0 Å². The molecule has 0 atom stereocenters. The van der Waals surface area contributed by atoms with Gasteiger partial charge in [-0.2, -0.15) is 0 Å². The second kappa shape index (κ2) is 7.67. The molecular formula is C20H27N5O2S. The van der Waals surface area contributed by atoms with Gasteiger partial charge in [0, 0.05) is 22.0 Å². The first-order valence-corrected chi connectivity index (χ1v) is 10.2. The number of aromatic nitrogens is 2. The maximum atomic E-state index is 11.8. The number of aryl methyl sites for hydroxylation is 1. The van der Waals surface area contributed by atoms with Crippen LogP contribution in [0.1, 0.15) is 46.1 Å². The van der Waals surface area contributed by atoms with Gasteiger partial charge in [0.1, 0.15) is 6.33 Å². The summed E-state index contributed by atoms with van der Waals surface area (Å²) in [6.45, 7) is 10.6. The van der Waals surface area contributed by atoms with Crippen LogP contribution in [-0.2, 0) is 0 Å². The van der Waals surface area contributed by atoms with Gasteiger partial charge in [0.2, 0.25) is 5.82 Å². The van der Waals surface area contributed by atoms with Gasteiger partial charge in [-0.15, -0.1) is 0 Å². The molecule has 0 unspecified atom stereocenters. The highest BCUT2D eigenvalue weighted by atomic mass is 32.2. The summed E-state index contributed by atoms with van der Waals surface area (Å²) in [6.07, 6.45) is 3.08. The largest absolute Gasteiger partial charge is 0.361 e. The minimum atomic E-state index is -0.393. The second-order valence-corrected chi connectivity index (χ2v) is 9.75. The number of anilines is 1. The summed E-state index contributed by atoms with van der Waals surface area (Å²) < 4.78 is 0. The molecule has 2 heterocycles. The fourth-order valence-electron chi connectivity index (χ4n) is 4.04. The maximum Gasteiger partial charge on any atom is 0.343 e. The molecule has 7 nitrogen and oxygen atoms in total. The average Bonchev–Trinajstić information content (AvgIpc) is 2.54. The van der Waals surface area contributed by atoms with Crippen LogP contribution in [0.5, 0.6) is 0 Å². The van der Waals surface area contributed by atoms with Crippen molar-refractivity contribution in [3.8, 4) is 0 Å². The third-order valence-electron chi connectivity index (χ3n) is 4.74. The standard InChI is InChI=1S/C20H27N5O2S/c1-13-6-8-15(9-7-13)28-18-16(25(26)27)17(21-12-22-18)23-14-10-19(2,3)24-20(4,5)11-14/h6-9,12,14,24H,10-11H2,1-5H3,(H,21,22,23). The van der Waals surface area contributed by atoms with E-state index >= 15 is 0 Å². The van der Waals surface area contributed by atoms with Gasteiger partial charge in [0.15, 0.2) is 5.03 Å². The normalized spacial score (nSPS) is 18.6. The summed E-state index contributed by atoms with van der Waals surface area (Å²) in [4.78, 5) is 20.8. The molecule has 0 bridgehead atoms. The van der Waals surface area contributed by atoms with Crippen LogP contribution < -0.4 is 10.6 Å². The number of piperidine rings is 1. The molecule has 1 aromatic heterocycles. The fourth-order valence-corrected chi connectivity index (χ4v) is 4.91. The fraction of sp³-hybridized carbons (Fsp3) is 0.500. The molecule has 0 saturated carbocycles. The molecular weight excluding hydrogens is 374 g/mol. The van der Waals surface area contributed by atoms with Crippen molar-refractivity contribution < 1.29 is 4.92 Å². The minimum Gasteiger partial charge on any atom is -0.361 e. The molecule has 1 saturated heterocycles. The Morgan fingerprint density at radius 3 is 2.32 bits per heavy atom. The first-order valence-electron chi connectivity index (χ1n) is 9.34. The highest BCUT2D eigenvalue weighted by molar-refractivity contribution is 7.99. The van der Waals surface area contributed by atoms with Crippen molar-refractivity contribution in [2.75, 3.05) is 5.32 Å². The maximum absolute atomic E-state index is 11.8. The molecule has 2 N–H and O–H groups in total. The van der Waals surface area contributed by atoms with Crippen molar-refractivity contribution in [3.05, 3.63) is 46.3 Å². The summed E-state index contributed by atoms with van der Waals surface area (Å²) in [5, 5.41) is 19.1. The lowest BCUT2D eigenvalue weighted by Crippen LogP contribution is -2.60. The lowest BCUT2D eigenvalue weighted by molar-refractivity contribution is -0.387. The first kappa shape index (κ1) is 20.5. The second-order valence-electron chi connectivity index (χ2n) is 8.69. The lowest BCUT2D eigenvalue weighted by Gasteiger charge is -2.46. The van der Waals surface area contributed by atoms with E-state index in [1.807, 2.05) is 31.2 Å². The van der Waals surface area contributed by atoms with Crippen LogP contribution in [0.15, 0.2) is 40.5 Å². The van der Waals surface area contributed by atoms with Gasteiger partial charge in [0.05, 0.1) is 4.92 Å². The Labute approximate surface area is 169 Å². The van der Waals surface area contributed by atoms with Crippen molar-refractivity contribution in [1.29, 1.82) is 0 Å². The van der Waals surface area contributed by atoms with E-state index < -0.39 is 4.92 Å². The minimum absolute atomic E-state index is 0.0674. The summed E-state index contributed by atoms with van der Waals surface area (Å²) in [7, 11) is 0. The molecule has 0 aliphatic carbocycles. The number of nitrogens with zero attached hydrogens (tertiary/aromatic N) is 3. The van der Waals surface area contributed by atoms with E-state index in [2.05, 4.69) is 48.3 Å². The zero-order valence-corrected chi connectivity index (χ0v) is 17.8. The number of hydrogen-bond donors (Lipinski definition) is 2. The molecule has 150 valence electrons. The van der Waals surface area contributed by atoms with Gasteiger partial charge in [-0.25, -0.2) is 9.97 Å². The third-order valence-corrected chi connectivity index (χ3v) is 5.74. The van der Waals surface area contributed by atoms with Crippen LogP contribution in [0.4, 0.5) is 11.5 Å². The number of hydrogen-bond acceptors (Lipinski definition) is 7. The van der Waals surface area contributed by atoms with Gasteiger partial charge in [-0.05, 0) is 59.6 Å². The van der Waals surface area contributed by atoms with Crippen LogP contribution >= 0.6 is 11.8 Å². The lowest BCUT2D eigenvalue weighted by atomic mass is 9.79. The molecule has 3 rings (SSSR count). The van der Waals surface area contributed by atoms with Gasteiger partial charge >= 0.3 is 5.69 Å². The van der Waals surface area contributed by atoms with E-state index in [1.54, 1.807) is 0 Å². The molecule has 0 spiro atoms. The summed E-state index contributed by atoms with van der Waals surface area (Å²) in [6, 6.07) is 7.92. The molecule has 0 radical (unpaired) electrons. The topological polar surface area (TPSA) is 93.0 Å². The number of nitro groups is 1. The van der Waals surface area contributed by atoms with E-state index in [0.717, 1.165) is 23.3 Å². The SMILES string of the molecule is Cc1ccc(Sc2ncnc(NC3CC(C)(C)NC(C)(C)C3)c2[N+](=O)[O-])cc1. The predicted molar refractivity (Wildman–Crippen MR) is 112 cm³/mol. The van der Waals surface area contributed by atoms with Gasteiger partial charge in [-0.1, -0.05) is 29.5 Å². The van der Waals surface area contributed by atoms with E-state index in [4.69, 9.17) is 0 Å². The Morgan fingerprint density at radius 1 is 1.14 bits per heavy atom. The van der Waals surface area contributed by atoms with E-state index in [1.165, 1.54) is 18.1 Å². The number of nitrogens with one attached hydrogen (secondary N) is 2. The van der Waals surface area contributed by atoms with E-state index in [0.29, 0.717) is 5.03 Å². The number of rotatable bonds is 5. The summed E-state index contributed by atoms with van der Waals surface area (Å²) >= 11 is 1.28. The summed E-state index contributed by atoms with van der Waals surface area (Å²) in [5.74, 6) is 0.285. The van der Waals surface area contributed by atoms with E-state index in [-0.39, 0.29) is 28.6 Å². The molecule has 0 amide bonds. The zero-order valence-electron chi connectivity index (χ0n) is 16.9. The Morgan fingerprint density at radius 2 is 1.75 bits per heavy atom.